The number of carbonyl (C=O) groups is 1. The second-order valence-electron chi connectivity index (χ2n) is 5.63. The van der Waals surface area contributed by atoms with E-state index in [-0.39, 0.29) is 5.91 Å². The summed E-state index contributed by atoms with van der Waals surface area (Å²) in [5.41, 5.74) is 2.16. The van der Waals surface area contributed by atoms with Gasteiger partial charge >= 0.3 is 0 Å². The normalized spacial score (nSPS) is 10.5. The Morgan fingerprint density at radius 1 is 1.17 bits per heavy atom. The van der Waals surface area contributed by atoms with Gasteiger partial charge in [0, 0.05) is 30.1 Å². The van der Waals surface area contributed by atoms with Crippen molar-refractivity contribution in [2.24, 2.45) is 5.92 Å². The molecular formula is C18H22N2O3. The average molecular weight is 314 g/mol. The largest absolute Gasteiger partial charge is 0.497 e. The van der Waals surface area contributed by atoms with Crippen molar-refractivity contribution < 1.29 is 14.3 Å². The molecule has 0 fully saturated rings. The minimum Gasteiger partial charge on any atom is -0.497 e. The number of ether oxygens (including phenoxy) is 2. The molecule has 0 aliphatic carbocycles. The molecule has 0 bridgehead atoms. The number of nitrogens with one attached hydrogen (secondary N) is 1. The summed E-state index contributed by atoms with van der Waals surface area (Å²) >= 11 is 0. The third-order valence-electron chi connectivity index (χ3n) is 3.39. The van der Waals surface area contributed by atoms with Crippen molar-refractivity contribution in [2.45, 2.75) is 13.8 Å². The third kappa shape index (κ3) is 4.22. The quantitative estimate of drug-likeness (QED) is 0.890. The molecule has 0 radical (unpaired) electrons. The summed E-state index contributed by atoms with van der Waals surface area (Å²) in [6.07, 6.45) is 3.27. The van der Waals surface area contributed by atoms with Gasteiger partial charge < -0.3 is 14.8 Å². The van der Waals surface area contributed by atoms with Crippen LogP contribution in [0, 0.1) is 5.92 Å². The number of rotatable bonds is 6. The molecule has 0 aliphatic rings. The zero-order valence-corrected chi connectivity index (χ0v) is 13.9. The number of carbonyl (C=O) groups excluding carboxylic acids is 1. The minimum absolute atomic E-state index is 0.130. The number of pyridine rings is 1. The van der Waals surface area contributed by atoms with Gasteiger partial charge in [-0.05, 0) is 30.2 Å². The molecular weight excluding hydrogens is 292 g/mol. The topological polar surface area (TPSA) is 60.5 Å². The summed E-state index contributed by atoms with van der Waals surface area (Å²) in [5.74, 6) is 1.69. The predicted octanol–water partition coefficient (Wildman–Crippen LogP) is 3.15. The van der Waals surface area contributed by atoms with E-state index in [9.17, 15) is 4.79 Å². The van der Waals surface area contributed by atoms with E-state index in [4.69, 9.17) is 9.47 Å². The molecule has 1 amide bonds. The smallest absolute Gasteiger partial charge is 0.252 e. The first-order chi connectivity index (χ1) is 11.0. The van der Waals surface area contributed by atoms with Crippen molar-refractivity contribution in [3.8, 4) is 22.6 Å². The summed E-state index contributed by atoms with van der Waals surface area (Å²) in [5, 5.41) is 2.89. The van der Waals surface area contributed by atoms with Crippen molar-refractivity contribution in [2.75, 3.05) is 20.8 Å². The summed E-state index contributed by atoms with van der Waals surface area (Å²) in [6, 6.07) is 7.33. The molecule has 2 rings (SSSR count). The Morgan fingerprint density at radius 2 is 1.96 bits per heavy atom. The van der Waals surface area contributed by atoms with E-state index in [0.29, 0.717) is 23.8 Å². The minimum atomic E-state index is -0.130. The Balaban J connectivity index is 2.34. The summed E-state index contributed by atoms with van der Waals surface area (Å²) < 4.78 is 10.7. The van der Waals surface area contributed by atoms with Crippen molar-refractivity contribution in [3.05, 3.63) is 42.2 Å². The highest BCUT2D eigenvalue weighted by Gasteiger charge is 2.12. The average Bonchev–Trinajstić information content (AvgIpc) is 2.59. The fourth-order valence-corrected chi connectivity index (χ4v) is 2.15. The van der Waals surface area contributed by atoms with Crippen LogP contribution >= 0.6 is 0 Å². The van der Waals surface area contributed by atoms with Gasteiger partial charge in [0.15, 0.2) is 0 Å². The monoisotopic (exact) mass is 314 g/mol. The van der Waals surface area contributed by atoms with E-state index < -0.39 is 0 Å². The summed E-state index contributed by atoms with van der Waals surface area (Å²) in [6.45, 7) is 4.73. The molecule has 1 aromatic carbocycles. The third-order valence-corrected chi connectivity index (χ3v) is 3.39. The lowest BCUT2D eigenvalue weighted by atomic mass is 10.0. The van der Waals surface area contributed by atoms with E-state index in [1.807, 2.05) is 18.2 Å². The molecule has 2 aromatic rings. The lowest BCUT2D eigenvalue weighted by molar-refractivity contribution is 0.0948. The lowest BCUT2D eigenvalue weighted by Crippen LogP contribution is -2.27. The SMILES string of the molecule is COc1ccc(OC)c(-c2cncc(C(=O)NCC(C)C)c2)c1. The van der Waals surface area contributed by atoms with Gasteiger partial charge in [-0.2, -0.15) is 0 Å². The van der Waals surface area contributed by atoms with Crippen LogP contribution in [-0.2, 0) is 0 Å². The molecule has 0 spiro atoms. The zero-order chi connectivity index (χ0) is 16.8. The number of hydrogen-bond donors (Lipinski definition) is 1. The van der Waals surface area contributed by atoms with Gasteiger partial charge in [0.2, 0.25) is 0 Å². The van der Waals surface area contributed by atoms with Crippen molar-refractivity contribution >= 4 is 5.91 Å². The zero-order valence-electron chi connectivity index (χ0n) is 13.9. The Bertz CT molecular complexity index is 684. The van der Waals surface area contributed by atoms with E-state index >= 15 is 0 Å². The molecule has 5 heteroatoms. The molecule has 1 N–H and O–H groups in total. The maximum atomic E-state index is 12.2. The molecule has 1 heterocycles. The second kappa shape index (κ2) is 7.63. The first kappa shape index (κ1) is 16.8. The van der Waals surface area contributed by atoms with Crippen molar-refractivity contribution in [3.63, 3.8) is 0 Å². The molecule has 0 aliphatic heterocycles. The molecule has 23 heavy (non-hydrogen) atoms. The highest BCUT2D eigenvalue weighted by atomic mass is 16.5. The van der Waals surface area contributed by atoms with Crippen molar-refractivity contribution in [1.82, 2.24) is 10.3 Å². The highest BCUT2D eigenvalue weighted by Crippen LogP contribution is 2.33. The van der Waals surface area contributed by atoms with Gasteiger partial charge in [-0.25, -0.2) is 0 Å². The number of aromatic nitrogens is 1. The van der Waals surface area contributed by atoms with Crippen LogP contribution < -0.4 is 14.8 Å². The molecule has 122 valence electrons. The van der Waals surface area contributed by atoms with Gasteiger partial charge in [0.05, 0.1) is 19.8 Å². The number of benzene rings is 1. The van der Waals surface area contributed by atoms with E-state index in [1.165, 1.54) is 0 Å². The van der Waals surface area contributed by atoms with Crippen LogP contribution in [0.3, 0.4) is 0 Å². The first-order valence-corrected chi connectivity index (χ1v) is 7.50. The molecule has 0 saturated heterocycles. The fraction of sp³-hybridized carbons (Fsp3) is 0.333. The van der Waals surface area contributed by atoms with E-state index in [2.05, 4.69) is 24.1 Å². The van der Waals surface area contributed by atoms with Gasteiger partial charge in [0.1, 0.15) is 11.5 Å². The molecule has 1 aromatic heterocycles. The van der Waals surface area contributed by atoms with Crippen molar-refractivity contribution in [1.29, 1.82) is 0 Å². The standard InChI is InChI=1S/C18H22N2O3/c1-12(2)9-20-18(21)14-7-13(10-19-11-14)16-8-15(22-3)5-6-17(16)23-4/h5-8,10-12H,9H2,1-4H3,(H,20,21). The Kier molecular flexibility index (Phi) is 5.57. The molecule has 0 unspecified atom stereocenters. The second-order valence-corrected chi connectivity index (χ2v) is 5.63. The van der Waals surface area contributed by atoms with Gasteiger partial charge in [0.25, 0.3) is 5.91 Å². The van der Waals surface area contributed by atoms with Crippen LogP contribution in [0.15, 0.2) is 36.7 Å². The van der Waals surface area contributed by atoms with E-state index in [1.54, 1.807) is 32.7 Å². The highest BCUT2D eigenvalue weighted by molar-refractivity contribution is 5.95. The fourth-order valence-electron chi connectivity index (χ4n) is 2.15. The molecule has 0 atom stereocenters. The molecule has 0 saturated carbocycles. The van der Waals surface area contributed by atoms with Crippen LogP contribution in [0.5, 0.6) is 11.5 Å². The number of amides is 1. The van der Waals surface area contributed by atoms with Crippen LogP contribution in [0.25, 0.3) is 11.1 Å². The number of nitrogens with zero attached hydrogens (tertiary/aromatic N) is 1. The van der Waals surface area contributed by atoms with Crippen LogP contribution in [-0.4, -0.2) is 31.7 Å². The summed E-state index contributed by atoms with van der Waals surface area (Å²) in [7, 11) is 3.22. The van der Waals surface area contributed by atoms with Gasteiger partial charge in [-0.15, -0.1) is 0 Å². The number of methoxy groups -OCH3 is 2. The predicted molar refractivity (Wildman–Crippen MR) is 89.9 cm³/mol. The summed E-state index contributed by atoms with van der Waals surface area (Å²) in [4.78, 5) is 16.4. The van der Waals surface area contributed by atoms with Crippen LogP contribution in [0.2, 0.25) is 0 Å². The Labute approximate surface area is 136 Å². The number of hydrogen-bond acceptors (Lipinski definition) is 4. The van der Waals surface area contributed by atoms with Gasteiger partial charge in [-0.3, -0.25) is 9.78 Å². The maximum Gasteiger partial charge on any atom is 0.252 e. The van der Waals surface area contributed by atoms with E-state index in [0.717, 1.165) is 16.9 Å². The Morgan fingerprint density at radius 3 is 2.61 bits per heavy atom. The van der Waals surface area contributed by atoms with Crippen LogP contribution in [0.4, 0.5) is 0 Å². The lowest BCUT2D eigenvalue weighted by Gasteiger charge is -2.12. The first-order valence-electron chi connectivity index (χ1n) is 7.50. The Hall–Kier alpha value is -2.56. The van der Waals surface area contributed by atoms with Gasteiger partial charge in [-0.1, -0.05) is 13.8 Å². The maximum absolute atomic E-state index is 12.2. The molecule has 5 nitrogen and oxygen atoms in total. The van der Waals surface area contributed by atoms with Crippen LogP contribution in [0.1, 0.15) is 24.2 Å².